The maximum absolute atomic E-state index is 10.3. The van der Waals surface area contributed by atoms with Gasteiger partial charge in [0.05, 0.1) is 0 Å². The highest BCUT2D eigenvalue weighted by atomic mass is 16.1. The van der Waals surface area contributed by atoms with Crippen LogP contribution in [0.3, 0.4) is 0 Å². The lowest BCUT2D eigenvalue weighted by Crippen LogP contribution is -1.94. The minimum atomic E-state index is 0.274. The predicted octanol–water partition coefficient (Wildman–Crippen LogP) is 7.53. The molecule has 0 spiro atoms. The second-order valence-electron chi connectivity index (χ2n) is 7.69. The third kappa shape index (κ3) is 25.7. The predicted molar refractivity (Wildman–Crippen MR) is 111 cm³/mol. The van der Waals surface area contributed by atoms with Gasteiger partial charge in [-0.3, -0.25) is 0 Å². The largest absolute Gasteiger partial charge is 0.303 e. The van der Waals surface area contributed by atoms with Crippen LogP contribution in [-0.4, -0.2) is 12.6 Å². The van der Waals surface area contributed by atoms with Gasteiger partial charge in [0.2, 0.25) is 0 Å². The van der Waals surface area contributed by atoms with E-state index in [1.54, 1.807) is 0 Å². The first-order valence-electron chi connectivity index (χ1n) is 11.0. The van der Waals surface area contributed by atoms with Crippen molar-refractivity contribution in [2.75, 3.05) is 0 Å². The van der Waals surface area contributed by atoms with Crippen LogP contribution in [0.1, 0.15) is 124 Å². The molecule has 150 valence electrons. The van der Waals surface area contributed by atoms with E-state index < -0.39 is 0 Å². The van der Waals surface area contributed by atoms with E-state index in [4.69, 9.17) is 0 Å². The van der Waals surface area contributed by atoms with Gasteiger partial charge in [0.1, 0.15) is 12.6 Å². The van der Waals surface area contributed by atoms with E-state index in [9.17, 15) is 9.59 Å². The van der Waals surface area contributed by atoms with E-state index in [0.29, 0.717) is 0 Å². The quantitative estimate of drug-likeness (QED) is 0.200. The fraction of sp³-hybridized carbons (Fsp3) is 0.913. The molecule has 25 heavy (non-hydrogen) atoms. The molecule has 0 bridgehead atoms. The fourth-order valence-corrected chi connectivity index (χ4v) is 2.81. The summed E-state index contributed by atoms with van der Waals surface area (Å²) in [6.45, 7) is 8.48. The van der Waals surface area contributed by atoms with Crippen LogP contribution in [0.25, 0.3) is 0 Å². The minimum Gasteiger partial charge on any atom is -0.303 e. The molecule has 0 saturated heterocycles. The molecule has 0 N–H and O–H groups in total. The molecule has 0 saturated carbocycles. The molecule has 2 unspecified atom stereocenters. The third-order valence-electron chi connectivity index (χ3n) is 4.74. The summed E-state index contributed by atoms with van der Waals surface area (Å²) >= 11 is 0. The molecule has 0 aromatic heterocycles. The summed E-state index contributed by atoms with van der Waals surface area (Å²) in [5.74, 6) is 0.548. The molecule has 2 atom stereocenters. The molecule has 0 aromatic rings. The minimum absolute atomic E-state index is 0.274. The van der Waals surface area contributed by atoms with Crippen molar-refractivity contribution in [3.05, 3.63) is 0 Å². The Kier molecular flexibility index (Phi) is 24.8. The summed E-state index contributed by atoms with van der Waals surface area (Å²) in [7, 11) is 0. The lowest BCUT2D eigenvalue weighted by Gasteiger charge is -2.02. The lowest BCUT2D eigenvalue weighted by atomic mass is 10.0. The second kappa shape index (κ2) is 23.3. The summed E-state index contributed by atoms with van der Waals surface area (Å²) in [6.07, 6.45) is 21.6. The van der Waals surface area contributed by atoms with Crippen molar-refractivity contribution in [3.8, 4) is 0 Å². The van der Waals surface area contributed by atoms with E-state index in [-0.39, 0.29) is 11.8 Å². The lowest BCUT2D eigenvalue weighted by molar-refractivity contribution is -0.111. The van der Waals surface area contributed by atoms with Crippen LogP contribution in [0, 0.1) is 11.8 Å². The fourth-order valence-electron chi connectivity index (χ4n) is 2.81. The Balaban J connectivity index is 0. The maximum Gasteiger partial charge on any atom is 0.122 e. The number of carbonyl (C=O) groups is 2. The van der Waals surface area contributed by atoms with Crippen molar-refractivity contribution < 1.29 is 9.59 Å². The summed E-state index contributed by atoms with van der Waals surface area (Å²) in [5.41, 5.74) is 0. The Hall–Kier alpha value is -0.660. The van der Waals surface area contributed by atoms with Crippen molar-refractivity contribution in [2.45, 2.75) is 124 Å². The van der Waals surface area contributed by atoms with Crippen molar-refractivity contribution in [1.82, 2.24) is 0 Å². The molecule has 0 aliphatic heterocycles. The highest BCUT2D eigenvalue weighted by Crippen LogP contribution is 2.11. The van der Waals surface area contributed by atoms with Crippen molar-refractivity contribution in [1.29, 1.82) is 0 Å². The van der Waals surface area contributed by atoms with Crippen LogP contribution in [0.4, 0.5) is 0 Å². The number of carbonyl (C=O) groups excluding carboxylic acids is 2. The average molecular weight is 355 g/mol. The van der Waals surface area contributed by atoms with E-state index in [0.717, 1.165) is 25.4 Å². The summed E-state index contributed by atoms with van der Waals surface area (Å²) in [6, 6.07) is 0. The summed E-state index contributed by atoms with van der Waals surface area (Å²) in [4.78, 5) is 20.6. The van der Waals surface area contributed by atoms with Gasteiger partial charge in [-0.25, -0.2) is 0 Å². The van der Waals surface area contributed by atoms with E-state index in [2.05, 4.69) is 13.8 Å². The molecule has 0 fully saturated rings. The number of aldehydes is 2. The Morgan fingerprint density at radius 2 is 0.800 bits per heavy atom. The summed E-state index contributed by atoms with van der Waals surface area (Å²) in [5, 5.41) is 0. The van der Waals surface area contributed by atoms with Crippen LogP contribution in [0.5, 0.6) is 0 Å². The second-order valence-corrected chi connectivity index (χ2v) is 7.69. The van der Waals surface area contributed by atoms with Crippen LogP contribution < -0.4 is 0 Å². The molecule has 0 aromatic carbocycles. The van der Waals surface area contributed by atoms with Crippen LogP contribution in [-0.2, 0) is 9.59 Å². The Bertz CT molecular complexity index is 263. The van der Waals surface area contributed by atoms with Crippen molar-refractivity contribution in [2.24, 2.45) is 11.8 Å². The van der Waals surface area contributed by atoms with Gasteiger partial charge < -0.3 is 9.59 Å². The molecular weight excluding hydrogens is 308 g/mol. The van der Waals surface area contributed by atoms with Crippen LogP contribution in [0.15, 0.2) is 0 Å². The SMILES string of the molecule is CCCCCCCCC(C)C=O.CCCCCCCCCC(C)C=O. The normalized spacial score (nSPS) is 12.8. The molecule has 0 aliphatic carbocycles. The third-order valence-corrected chi connectivity index (χ3v) is 4.74. The molecular formula is C23H46O2. The van der Waals surface area contributed by atoms with Gasteiger partial charge in [0, 0.05) is 11.8 Å². The monoisotopic (exact) mass is 354 g/mol. The zero-order chi connectivity index (χ0) is 19.2. The zero-order valence-electron chi connectivity index (χ0n) is 17.7. The zero-order valence-corrected chi connectivity index (χ0v) is 17.7. The van der Waals surface area contributed by atoms with Crippen molar-refractivity contribution in [3.63, 3.8) is 0 Å². The number of rotatable bonds is 17. The van der Waals surface area contributed by atoms with Gasteiger partial charge >= 0.3 is 0 Å². The number of hydrogen-bond donors (Lipinski definition) is 0. The Morgan fingerprint density at radius 3 is 1.08 bits per heavy atom. The average Bonchev–Trinajstić information content (AvgIpc) is 2.63. The van der Waals surface area contributed by atoms with Crippen molar-refractivity contribution >= 4 is 12.6 Å². The smallest absolute Gasteiger partial charge is 0.122 e. The molecule has 0 heterocycles. The van der Waals surface area contributed by atoms with Gasteiger partial charge in [0.25, 0.3) is 0 Å². The van der Waals surface area contributed by atoms with Gasteiger partial charge in [-0.2, -0.15) is 0 Å². The Labute approximate surface area is 158 Å². The molecule has 2 nitrogen and oxygen atoms in total. The topological polar surface area (TPSA) is 34.1 Å². The van der Waals surface area contributed by atoms with Gasteiger partial charge in [-0.15, -0.1) is 0 Å². The van der Waals surface area contributed by atoms with Crippen LogP contribution in [0.2, 0.25) is 0 Å². The molecule has 0 rings (SSSR count). The molecule has 0 radical (unpaired) electrons. The highest BCUT2D eigenvalue weighted by Gasteiger charge is 1.99. The van der Waals surface area contributed by atoms with Gasteiger partial charge in [-0.1, -0.05) is 111 Å². The van der Waals surface area contributed by atoms with Gasteiger partial charge in [-0.05, 0) is 12.8 Å². The first kappa shape index (κ1) is 26.6. The Morgan fingerprint density at radius 1 is 0.520 bits per heavy atom. The van der Waals surface area contributed by atoms with E-state index in [1.807, 2.05) is 13.8 Å². The van der Waals surface area contributed by atoms with Gasteiger partial charge in [0.15, 0.2) is 0 Å². The standard InChI is InChI=1S/C12H24O.C11H22O/c1-3-4-5-6-7-8-9-10-12(2)11-13;1-3-4-5-6-7-8-9-11(2)10-12/h11-12H,3-10H2,1-2H3;10-11H,3-9H2,1-2H3. The maximum atomic E-state index is 10.3. The number of unbranched alkanes of at least 4 members (excludes halogenated alkanes) is 11. The molecule has 2 heteroatoms. The first-order chi connectivity index (χ1) is 12.1. The first-order valence-corrected chi connectivity index (χ1v) is 11.0. The number of hydrogen-bond acceptors (Lipinski definition) is 2. The van der Waals surface area contributed by atoms with E-state index >= 15 is 0 Å². The molecule has 0 aliphatic rings. The highest BCUT2D eigenvalue weighted by molar-refractivity contribution is 5.52. The van der Waals surface area contributed by atoms with Crippen LogP contribution >= 0.6 is 0 Å². The summed E-state index contributed by atoms with van der Waals surface area (Å²) < 4.78 is 0. The van der Waals surface area contributed by atoms with E-state index in [1.165, 1.54) is 83.5 Å². The molecule has 0 amide bonds.